The van der Waals surface area contributed by atoms with Gasteiger partial charge < -0.3 is 15.8 Å². The minimum absolute atomic E-state index is 0.0651. The Kier molecular flexibility index (Phi) is 2.45. The number of aromatic nitrogens is 2. The third-order valence-electron chi connectivity index (χ3n) is 3.06. The maximum atomic E-state index is 11.1. The van der Waals surface area contributed by atoms with Gasteiger partial charge in [0, 0.05) is 28.9 Å². The maximum Gasteiger partial charge on any atom is 0.337 e. The van der Waals surface area contributed by atoms with Crippen molar-refractivity contribution in [1.82, 2.24) is 9.97 Å². The summed E-state index contributed by atoms with van der Waals surface area (Å²) in [4.78, 5) is 18.4. The molecule has 94 valence electrons. The summed E-state index contributed by atoms with van der Waals surface area (Å²) in [5, 5.41) is 10.0. The van der Waals surface area contributed by atoms with E-state index < -0.39 is 5.97 Å². The van der Waals surface area contributed by atoms with Crippen LogP contribution in [-0.2, 0) is 0 Å². The van der Waals surface area contributed by atoms with Crippen LogP contribution in [-0.4, -0.2) is 21.0 Å². The zero-order valence-corrected chi connectivity index (χ0v) is 9.92. The number of carboxylic acids is 1. The fraction of sp³-hybridized carbons (Fsp3) is 0. The Bertz CT molecular complexity index is 777. The highest BCUT2D eigenvalue weighted by atomic mass is 16.4. The van der Waals surface area contributed by atoms with Gasteiger partial charge in [0.05, 0.1) is 16.9 Å². The van der Waals surface area contributed by atoms with Crippen molar-refractivity contribution in [2.45, 2.75) is 0 Å². The first-order valence-electron chi connectivity index (χ1n) is 5.72. The van der Waals surface area contributed by atoms with Crippen molar-refractivity contribution in [3.05, 3.63) is 48.3 Å². The molecule has 1 aromatic carbocycles. The van der Waals surface area contributed by atoms with E-state index in [0.29, 0.717) is 5.69 Å². The lowest BCUT2D eigenvalue weighted by atomic mass is 10.1. The first-order chi connectivity index (χ1) is 9.18. The number of nitrogens with one attached hydrogen (secondary N) is 1. The van der Waals surface area contributed by atoms with Gasteiger partial charge in [-0.2, -0.15) is 0 Å². The first kappa shape index (κ1) is 11.3. The molecule has 4 N–H and O–H groups in total. The van der Waals surface area contributed by atoms with E-state index in [2.05, 4.69) is 9.97 Å². The fourth-order valence-corrected chi connectivity index (χ4v) is 2.14. The lowest BCUT2D eigenvalue weighted by Gasteiger charge is -2.06. The summed E-state index contributed by atoms with van der Waals surface area (Å²) in [6, 6.07) is 9.12. The summed E-state index contributed by atoms with van der Waals surface area (Å²) in [6.45, 7) is 0. The van der Waals surface area contributed by atoms with Crippen molar-refractivity contribution >= 4 is 22.6 Å². The van der Waals surface area contributed by atoms with Crippen LogP contribution in [0.2, 0.25) is 0 Å². The lowest BCUT2D eigenvalue weighted by molar-refractivity contribution is 0.0698. The van der Waals surface area contributed by atoms with Crippen molar-refractivity contribution in [2.24, 2.45) is 0 Å². The van der Waals surface area contributed by atoms with Crippen molar-refractivity contribution in [2.75, 3.05) is 5.73 Å². The molecular weight excluding hydrogens is 242 g/mol. The van der Waals surface area contributed by atoms with E-state index in [9.17, 15) is 4.79 Å². The topological polar surface area (TPSA) is 92.0 Å². The molecule has 0 unspecified atom stereocenters. The van der Waals surface area contributed by atoms with Gasteiger partial charge in [-0.1, -0.05) is 18.2 Å². The van der Waals surface area contributed by atoms with Crippen LogP contribution >= 0.6 is 0 Å². The number of benzene rings is 1. The molecule has 0 spiro atoms. The number of hydrogen-bond donors (Lipinski definition) is 3. The zero-order chi connectivity index (χ0) is 13.4. The molecule has 19 heavy (non-hydrogen) atoms. The molecule has 5 nitrogen and oxygen atoms in total. The van der Waals surface area contributed by atoms with Gasteiger partial charge in [-0.3, -0.25) is 4.98 Å². The second-order valence-electron chi connectivity index (χ2n) is 4.17. The van der Waals surface area contributed by atoms with Gasteiger partial charge >= 0.3 is 5.97 Å². The maximum absolute atomic E-state index is 11.1. The molecule has 0 bridgehead atoms. The van der Waals surface area contributed by atoms with Crippen molar-refractivity contribution in [3.63, 3.8) is 0 Å². The Labute approximate surface area is 108 Å². The van der Waals surface area contributed by atoms with Crippen LogP contribution in [0.5, 0.6) is 0 Å². The highest BCUT2D eigenvalue weighted by Gasteiger charge is 2.15. The summed E-state index contributed by atoms with van der Waals surface area (Å²) < 4.78 is 0. The molecule has 2 heterocycles. The second-order valence-corrected chi connectivity index (χ2v) is 4.17. The Morgan fingerprint density at radius 1 is 1.26 bits per heavy atom. The van der Waals surface area contributed by atoms with Gasteiger partial charge in [0.2, 0.25) is 0 Å². The molecule has 0 saturated carbocycles. The van der Waals surface area contributed by atoms with E-state index in [1.165, 1.54) is 12.3 Å². The average Bonchev–Trinajstić information content (AvgIpc) is 2.82. The number of nitrogen functional groups attached to an aromatic ring is 1. The Hall–Kier alpha value is -2.82. The molecular formula is C14H11N3O2. The number of H-pyrrole nitrogens is 1. The van der Waals surface area contributed by atoms with Crippen molar-refractivity contribution in [1.29, 1.82) is 0 Å². The smallest absolute Gasteiger partial charge is 0.337 e. The van der Waals surface area contributed by atoms with Gasteiger partial charge in [-0.25, -0.2) is 4.79 Å². The van der Waals surface area contributed by atoms with E-state index >= 15 is 0 Å². The summed E-state index contributed by atoms with van der Waals surface area (Å²) in [5.41, 5.74) is 8.40. The number of hydrogen-bond acceptors (Lipinski definition) is 3. The summed E-state index contributed by atoms with van der Waals surface area (Å²) in [7, 11) is 0. The largest absolute Gasteiger partial charge is 0.478 e. The Morgan fingerprint density at radius 2 is 2.05 bits per heavy atom. The third-order valence-corrected chi connectivity index (χ3v) is 3.06. The monoisotopic (exact) mass is 253 g/mol. The van der Waals surface area contributed by atoms with Gasteiger partial charge in [-0.05, 0) is 12.1 Å². The quantitative estimate of drug-likeness (QED) is 0.654. The molecule has 3 rings (SSSR count). The minimum atomic E-state index is -1.05. The number of carbonyl (C=O) groups is 1. The van der Waals surface area contributed by atoms with Gasteiger partial charge in [-0.15, -0.1) is 0 Å². The molecule has 0 atom stereocenters. The highest BCUT2D eigenvalue weighted by molar-refractivity contribution is 6.02. The molecule has 2 aromatic heterocycles. The molecule has 0 fully saturated rings. The summed E-state index contributed by atoms with van der Waals surface area (Å²) in [6.07, 6.45) is 3.24. The number of fused-ring (bicyclic) bond motifs is 1. The van der Waals surface area contributed by atoms with E-state index in [-0.39, 0.29) is 11.3 Å². The van der Waals surface area contributed by atoms with Gasteiger partial charge in [0.25, 0.3) is 0 Å². The molecule has 3 aromatic rings. The predicted molar refractivity (Wildman–Crippen MR) is 72.9 cm³/mol. The van der Waals surface area contributed by atoms with Crippen LogP contribution in [0, 0.1) is 0 Å². The number of pyridine rings is 1. The molecule has 0 radical (unpaired) electrons. The number of para-hydroxylation sites is 1. The second kappa shape index (κ2) is 4.13. The van der Waals surface area contributed by atoms with E-state index in [1.807, 2.05) is 24.3 Å². The number of nitrogens with two attached hydrogens (primary N) is 1. The first-order valence-corrected chi connectivity index (χ1v) is 5.72. The normalized spacial score (nSPS) is 10.7. The number of aromatic carboxylic acids is 1. The van der Waals surface area contributed by atoms with E-state index in [4.69, 9.17) is 10.8 Å². The van der Waals surface area contributed by atoms with Crippen molar-refractivity contribution in [3.8, 4) is 11.3 Å². The molecule has 0 saturated heterocycles. The number of rotatable bonds is 2. The van der Waals surface area contributed by atoms with E-state index in [1.54, 1.807) is 6.20 Å². The average molecular weight is 253 g/mol. The fourth-order valence-electron chi connectivity index (χ4n) is 2.14. The molecule has 0 aliphatic rings. The standard InChI is InChI=1S/C14H11N3O2/c15-12-9(14(18)19)5-6-16-13(12)10-7-17-11-4-2-1-3-8(10)11/h1-7,17H,15H2,(H,18,19). The highest BCUT2D eigenvalue weighted by Crippen LogP contribution is 2.32. The summed E-state index contributed by atoms with van der Waals surface area (Å²) >= 11 is 0. The van der Waals surface area contributed by atoms with Crippen LogP contribution in [0.1, 0.15) is 10.4 Å². The number of nitrogens with zero attached hydrogens (tertiary/aromatic N) is 1. The predicted octanol–water partition coefficient (Wildman–Crippen LogP) is 2.51. The number of anilines is 1. The Balaban J connectivity index is 2.28. The van der Waals surface area contributed by atoms with Gasteiger partial charge in [0.1, 0.15) is 0 Å². The minimum Gasteiger partial charge on any atom is -0.478 e. The van der Waals surface area contributed by atoms with Crippen molar-refractivity contribution < 1.29 is 9.90 Å². The lowest BCUT2D eigenvalue weighted by Crippen LogP contribution is -2.04. The molecule has 0 aliphatic heterocycles. The zero-order valence-electron chi connectivity index (χ0n) is 9.92. The molecule has 0 aliphatic carbocycles. The van der Waals surface area contributed by atoms with Crippen LogP contribution in [0.4, 0.5) is 5.69 Å². The van der Waals surface area contributed by atoms with Crippen LogP contribution in [0.15, 0.2) is 42.7 Å². The number of aromatic amines is 1. The SMILES string of the molecule is Nc1c(C(=O)O)ccnc1-c1c[nH]c2ccccc12. The van der Waals surface area contributed by atoms with Crippen LogP contribution < -0.4 is 5.73 Å². The van der Waals surface area contributed by atoms with Gasteiger partial charge in [0.15, 0.2) is 0 Å². The summed E-state index contributed by atoms with van der Waals surface area (Å²) in [5.74, 6) is -1.05. The molecule has 0 amide bonds. The Morgan fingerprint density at radius 3 is 2.84 bits per heavy atom. The van der Waals surface area contributed by atoms with E-state index in [0.717, 1.165) is 16.5 Å². The van der Waals surface area contributed by atoms with Crippen LogP contribution in [0.25, 0.3) is 22.2 Å². The number of carboxylic acid groups (broad SMARTS) is 1. The van der Waals surface area contributed by atoms with Crippen LogP contribution in [0.3, 0.4) is 0 Å². The third kappa shape index (κ3) is 1.72. The molecule has 5 heteroatoms.